The van der Waals surface area contributed by atoms with Gasteiger partial charge in [-0.3, -0.25) is 0 Å². The summed E-state index contributed by atoms with van der Waals surface area (Å²) >= 11 is 0. The fourth-order valence-corrected chi connectivity index (χ4v) is 2.12. The lowest BCUT2D eigenvalue weighted by molar-refractivity contribution is 0.0803. The normalized spacial score (nSPS) is 27.5. The predicted molar refractivity (Wildman–Crippen MR) is 55.4 cm³/mol. The summed E-state index contributed by atoms with van der Waals surface area (Å²) < 4.78 is 4.94. The van der Waals surface area contributed by atoms with E-state index in [2.05, 4.69) is 6.58 Å². The summed E-state index contributed by atoms with van der Waals surface area (Å²) in [4.78, 5) is 13.1. The van der Waals surface area contributed by atoms with Crippen LogP contribution in [0.15, 0.2) is 12.7 Å². The van der Waals surface area contributed by atoms with Crippen LogP contribution in [-0.4, -0.2) is 41.4 Å². The van der Waals surface area contributed by atoms with Crippen molar-refractivity contribution >= 4 is 6.09 Å². The van der Waals surface area contributed by atoms with Crippen molar-refractivity contribution in [3.8, 4) is 0 Å². The minimum Gasteiger partial charge on any atom is -0.445 e. The van der Waals surface area contributed by atoms with Crippen molar-refractivity contribution in [2.75, 3.05) is 19.7 Å². The van der Waals surface area contributed by atoms with Gasteiger partial charge in [-0.05, 0) is 19.3 Å². The number of nitrogens with zero attached hydrogens (tertiary/aromatic N) is 1. The van der Waals surface area contributed by atoms with Crippen LogP contribution in [0.25, 0.3) is 0 Å². The third-order valence-corrected chi connectivity index (χ3v) is 3.29. The highest BCUT2D eigenvalue weighted by Gasteiger charge is 2.50. The van der Waals surface area contributed by atoms with Crippen LogP contribution in [0.1, 0.15) is 19.3 Å². The van der Waals surface area contributed by atoms with Crippen LogP contribution < -0.4 is 0 Å². The topological polar surface area (TPSA) is 49.8 Å². The highest BCUT2D eigenvalue weighted by Crippen LogP contribution is 2.45. The molecule has 4 nitrogen and oxygen atoms in total. The first-order valence-electron chi connectivity index (χ1n) is 5.41. The minimum atomic E-state index is -0.479. The largest absolute Gasteiger partial charge is 0.445 e. The smallest absolute Gasteiger partial charge is 0.410 e. The van der Waals surface area contributed by atoms with Crippen LogP contribution in [0.2, 0.25) is 0 Å². The van der Waals surface area contributed by atoms with Crippen LogP contribution in [0, 0.1) is 5.92 Å². The molecule has 1 saturated carbocycles. The number of hydrogen-bond acceptors (Lipinski definition) is 3. The van der Waals surface area contributed by atoms with Crippen LogP contribution in [0.3, 0.4) is 0 Å². The quantitative estimate of drug-likeness (QED) is 0.712. The van der Waals surface area contributed by atoms with Gasteiger partial charge in [-0.2, -0.15) is 0 Å². The molecule has 1 heterocycles. The van der Waals surface area contributed by atoms with Crippen molar-refractivity contribution in [1.29, 1.82) is 0 Å². The second-order valence-electron chi connectivity index (χ2n) is 4.40. The third-order valence-electron chi connectivity index (χ3n) is 3.29. The van der Waals surface area contributed by atoms with Gasteiger partial charge in [-0.15, -0.1) is 0 Å². The van der Waals surface area contributed by atoms with Gasteiger partial charge in [0.05, 0.1) is 5.60 Å². The van der Waals surface area contributed by atoms with Crippen molar-refractivity contribution in [2.45, 2.75) is 24.9 Å². The van der Waals surface area contributed by atoms with Gasteiger partial charge in [-0.1, -0.05) is 12.7 Å². The SMILES string of the molecule is C=CCOC(=O)N1CCC(C2(O)CC2)C1. The van der Waals surface area contributed by atoms with E-state index >= 15 is 0 Å². The molecule has 1 atom stereocenters. The second-order valence-corrected chi connectivity index (χ2v) is 4.40. The van der Waals surface area contributed by atoms with E-state index in [0.29, 0.717) is 13.1 Å². The minimum absolute atomic E-state index is 0.244. The summed E-state index contributed by atoms with van der Waals surface area (Å²) in [5, 5.41) is 9.91. The zero-order chi connectivity index (χ0) is 10.9. The number of carbonyl (C=O) groups excluding carboxylic acids is 1. The fraction of sp³-hybridized carbons (Fsp3) is 0.727. The molecule has 1 aliphatic heterocycles. The number of hydrogen-bond donors (Lipinski definition) is 1. The Hall–Kier alpha value is -1.03. The van der Waals surface area contributed by atoms with Crippen molar-refractivity contribution in [2.24, 2.45) is 5.92 Å². The molecule has 1 unspecified atom stereocenters. The first kappa shape index (κ1) is 10.5. The molecule has 0 spiro atoms. The molecule has 0 radical (unpaired) electrons. The van der Waals surface area contributed by atoms with Gasteiger partial charge < -0.3 is 14.7 Å². The third kappa shape index (κ3) is 2.15. The molecule has 1 saturated heterocycles. The Morgan fingerprint density at radius 1 is 1.67 bits per heavy atom. The van der Waals surface area contributed by atoms with Crippen LogP contribution >= 0.6 is 0 Å². The van der Waals surface area contributed by atoms with E-state index in [1.54, 1.807) is 11.0 Å². The molecule has 1 aliphatic carbocycles. The number of aliphatic hydroxyl groups is 1. The highest BCUT2D eigenvalue weighted by molar-refractivity contribution is 5.68. The molecule has 0 bridgehead atoms. The molecular formula is C11H17NO3. The maximum atomic E-state index is 11.5. The number of ether oxygens (including phenoxy) is 1. The average molecular weight is 211 g/mol. The average Bonchev–Trinajstić information content (AvgIpc) is 2.82. The molecule has 0 aromatic heterocycles. The molecule has 2 fully saturated rings. The highest BCUT2D eigenvalue weighted by atomic mass is 16.6. The van der Waals surface area contributed by atoms with E-state index < -0.39 is 5.60 Å². The van der Waals surface area contributed by atoms with E-state index in [1.807, 2.05) is 0 Å². The molecule has 84 valence electrons. The molecule has 15 heavy (non-hydrogen) atoms. The van der Waals surface area contributed by atoms with Crippen molar-refractivity contribution in [3.63, 3.8) is 0 Å². The van der Waals surface area contributed by atoms with Crippen molar-refractivity contribution in [1.82, 2.24) is 4.90 Å². The maximum Gasteiger partial charge on any atom is 0.410 e. The molecule has 2 aliphatic rings. The lowest BCUT2D eigenvalue weighted by Gasteiger charge is -2.18. The summed E-state index contributed by atoms with van der Waals surface area (Å²) in [5.74, 6) is 0.244. The maximum absolute atomic E-state index is 11.5. The molecule has 0 aromatic carbocycles. The fourth-order valence-electron chi connectivity index (χ4n) is 2.12. The lowest BCUT2D eigenvalue weighted by atomic mass is 10.00. The molecular weight excluding hydrogens is 194 g/mol. The van der Waals surface area contributed by atoms with Crippen LogP contribution in [-0.2, 0) is 4.74 Å². The Morgan fingerprint density at radius 3 is 3.00 bits per heavy atom. The van der Waals surface area contributed by atoms with E-state index in [0.717, 1.165) is 19.3 Å². The predicted octanol–water partition coefficient (Wildman–Crippen LogP) is 1.16. The van der Waals surface area contributed by atoms with Crippen LogP contribution in [0.4, 0.5) is 4.79 Å². The zero-order valence-corrected chi connectivity index (χ0v) is 8.82. The zero-order valence-electron chi connectivity index (χ0n) is 8.82. The van der Waals surface area contributed by atoms with Crippen molar-refractivity contribution < 1.29 is 14.6 Å². The molecule has 1 amide bonds. The summed E-state index contributed by atoms with van der Waals surface area (Å²) in [6.07, 6.45) is 3.92. The summed E-state index contributed by atoms with van der Waals surface area (Å²) in [6, 6.07) is 0. The van der Waals surface area contributed by atoms with E-state index in [-0.39, 0.29) is 18.6 Å². The van der Waals surface area contributed by atoms with Gasteiger partial charge in [0, 0.05) is 19.0 Å². The number of likely N-dealkylation sites (tertiary alicyclic amines) is 1. The van der Waals surface area contributed by atoms with Gasteiger partial charge in [0.1, 0.15) is 6.61 Å². The second kappa shape index (κ2) is 3.85. The summed E-state index contributed by atoms with van der Waals surface area (Å²) in [5.41, 5.74) is -0.479. The van der Waals surface area contributed by atoms with Crippen molar-refractivity contribution in [3.05, 3.63) is 12.7 Å². The summed E-state index contributed by atoms with van der Waals surface area (Å²) in [6.45, 7) is 5.07. The standard InChI is InChI=1S/C11H17NO3/c1-2-7-15-10(13)12-6-3-9(8-12)11(14)4-5-11/h2,9,14H,1,3-8H2. The van der Waals surface area contributed by atoms with Crippen LogP contribution in [0.5, 0.6) is 0 Å². The number of carbonyl (C=O) groups is 1. The first-order valence-corrected chi connectivity index (χ1v) is 5.41. The van der Waals surface area contributed by atoms with Gasteiger partial charge in [-0.25, -0.2) is 4.79 Å². The van der Waals surface area contributed by atoms with Gasteiger partial charge >= 0.3 is 6.09 Å². The number of amides is 1. The van der Waals surface area contributed by atoms with Gasteiger partial charge in [0.25, 0.3) is 0 Å². The summed E-state index contributed by atoms with van der Waals surface area (Å²) in [7, 11) is 0. The Morgan fingerprint density at radius 2 is 2.40 bits per heavy atom. The Labute approximate surface area is 89.5 Å². The van der Waals surface area contributed by atoms with E-state index in [4.69, 9.17) is 4.74 Å². The van der Waals surface area contributed by atoms with Gasteiger partial charge in [0.2, 0.25) is 0 Å². The first-order chi connectivity index (χ1) is 7.15. The Bertz CT molecular complexity index is 273. The molecule has 0 aromatic rings. The van der Waals surface area contributed by atoms with E-state index in [9.17, 15) is 9.90 Å². The monoisotopic (exact) mass is 211 g/mol. The Balaban J connectivity index is 1.81. The Kier molecular flexibility index (Phi) is 2.69. The van der Waals surface area contributed by atoms with Gasteiger partial charge in [0.15, 0.2) is 0 Å². The molecule has 1 N–H and O–H groups in total. The molecule has 2 rings (SSSR count). The lowest BCUT2D eigenvalue weighted by Crippen LogP contribution is -2.32. The van der Waals surface area contributed by atoms with E-state index in [1.165, 1.54) is 0 Å². The molecule has 4 heteroatoms. The number of rotatable bonds is 3.